The van der Waals surface area contributed by atoms with E-state index < -0.39 is 97.5 Å². The monoisotopic (exact) mass is 1540 g/mol. The average Bonchev–Trinajstić information content (AvgIpc) is 0.910. The lowest BCUT2D eigenvalue weighted by atomic mass is 10.0. The Morgan fingerprint density at radius 2 is 0.438 bits per heavy atom. The highest BCUT2D eigenvalue weighted by Crippen LogP contribution is 2.45. The Balaban J connectivity index is 5.22. The maximum atomic E-state index is 13.1. The van der Waals surface area contributed by atoms with Gasteiger partial charge in [0.1, 0.15) is 19.3 Å². The van der Waals surface area contributed by atoms with E-state index in [2.05, 4.69) is 41.5 Å². The molecule has 0 heterocycles. The second kappa shape index (κ2) is 77.4. The van der Waals surface area contributed by atoms with Crippen LogP contribution in [0.1, 0.15) is 459 Å². The van der Waals surface area contributed by atoms with Crippen LogP contribution in [0.4, 0.5) is 0 Å². The lowest BCUT2D eigenvalue weighted by Gasteiger charge is -2.21. The molecule has 0 aliphatic heterocycles. The third-order valence-electron chi connectivity index (χ3n) is 20.2. The minimum absolute atomic E-state index is 0.108. The number of hydrogen-bond donors (Lipinski definition) is 3. The topological polar surface area (TPSA) is 237 Å². The van der Waals surface area contributed by atoms with Gasteiger partial charge in [-0.2, -0.15) is 0 Å². The number of ether oxygens (including phenoxy) is 4. The predicted molar refractivity (Wildman–Crippen MR) is 432 cm³/mol. The lowest BCUT2D eigenvalue weighted by Crippen LogP contribution is -2.30. The molecule has 105 heavy (non-hydrogen) atoms. The van der Waals surface area contributed by atoms with Crippen molar-refractivity contribution in [3.8, 4) is 0 Å². The molecule has 0 aliphatic carbocycles. The van der Waals surface area contributed by atoms with Crippen LogP contribution in [0.3, 0.4) is 0 Å². The quantitative estimate of drug-likeness (QED) is 0.0222. The Labute approximate surface area is 645 Å². The van der Waals surface area contributed by atoms with Crippen molar-refractivity contribution in [1.82, 2.24) is 0 Å². The van der Waals surface area contributed by atoms with E-state index in [4.69, 9.17) is 37.0 Å². The van der Waals surface area contributed by atoms with E-state index in [-0.39, 0.29) is 25.7 Å². The molecule has 17 nitrogen and oxygen atoms in total. The summed E-state index contributed by atoms with van der Waals surface area (Å²) in [4.78, 5) is 73.2. The number of aliphatic hydroxyl groups excluding tert-OH is 1. The second-order valence-corrected chi connectivity index (χ2v) is 34.8. The van der Waals surface area contributed by atoms with E-state index in [1.807, 2.05) is 0 Å². The van der Waals surface area contributed by atoms with Crippen LogP contribution in [-0.2, 0) is 65.4 Å². The van der Waals surface area contributed by atoms with Crippen molar-refractivity contribution in [3.63, 3.8) is 0 Å². The summed E-state index contributed by atoms with van der Waals surface area (Å²) < 4.78 is 68.9. The molecule has 624 valence electrons. The van der Waals surface area contributed by atoms with Gasteiger partial charge in [-0.15, -0.1) is 0 Å². The fraction of sp³-hybridized carbons (Fsp3) is 0.953. The highest BCUT2D eigenvalue weighted by atomic mass is 31.2. The van der Waals surface area contributed by atoms with Crippen molar-refractivity contribution >= 4 is 39.5 Å². The number of rotatable bonds is 85. The van der Waals surface area contributed by atoms with Gasteiger partial charge in [0.15, 0.2) is 12.2 Å². The third-order valence-corrected chi connectivity index (χ3v) is 22.1. The van der Waals surface area contributed by atoms with Gasteiger partial charge in [-0.25, -0.2) is 9.13 Å². The molecule has 0 saturated heterocycles. The molecular weight excluding hydrogens is 1370 g/mol. The zero-order valence-corrected chi connectivity index (χ0v) is 70.8. The summed E-state index contributed by atoms with van der Waals surface area (Å²) in [7, 11) is -9.93. The van der Waals surface area contributed by atoms with Gasteiger partial charge in [0.05, 0.1) is 26.4 Å². The molecule has 0 aromatic heterocycles. The van der Waals surface area contributed by atoms with Crippen LogP contribution in [0.2, 0.25) is 0 Å². The average molecular weight is 1540 g/mol. The number of esters is 4. The third kappa shape index (κ3) is 79.9. The Kier molecular flexibility index (Phi) is 76.0. The number of carbonyl (C=O) groups excluding carboxylic acids is 4. The normalized spacial score (nSPS) is 13.8. The maximum absolute atomic E-state index is 13.1. The highest BCUT2D eigenvalue weighted by molar-refractivity contribution is 7.47. The summed E-state index contributed by atoms with van der Waals surface area (Å²) in [6, 6.07) is 0. The Morgan fingerprint density at radius 1 is 0.257 bits per heavy atom. The van der Waals surface area contributed by atoms with Gasteiger partial charge < -0.3 is 33.8 Å². The summed E-state index contributed by atoms with van der Waals surface area (Å²) in [5, 5.41) is 10.7. The first-order chi connectivity index (χ1) is 50.9. The van der Waals surface area contributed by atoms with Crippen LogP contribution in [0, 0.1) is 11.8 Å². The van der Waals surface area contributed by atoms with Crippen LogP contribution in [-0.4, -0.2) is 96.7 Å². The van der Waals surface area contributed by atoms with Crippen LogP contribution in [0.5, 0.6) is 0 Å². The van der Waals surface area contributed by atoms with Gasteiger partial charge in [-0.1, -0.05) is 408 Å². The molecule has 0 saturated carbocycles. The number of phosphoric ester groups is 2. The Hall–Kier alpha value is -1.94. The largest absolute Gasteiger partial charge is 0.472 e. The highest BCUT2D eigenvalue weighted by Gasteiger charge is 2.30. The van der Waals surface area contributed by atoms with Gasteiger partial charge in [0.2, 0.25) is 0 Å². The van der Waals surface area contributed by atoms with E-state index in [1.165, 1.54) is 270 Å². The van der Waals surface area contributed by atoms with Crippen LogP contribution < -0.4 is 0 Å². The second-order valence-electron chi connectivity index (χ2n) is 31.9. The van der Waals surface area contributed by atoms with Gasteiger partial charge in [0.25, 0.3) is 0 Å². The summed E-state index contributed by atoms with van der Waals surface area (Å²) in [5.41, 5.74) is 0. The molecule has 0 amide bonds. The van der Waals surface area contributed by atoms with Crippen molar-refractivity contribution in [2.75, 3.05) is 39.6 Å². The summed E-state index contributed by atoms with van der Waals surface area (Å²) >= 11 is 0. The number of unbranched alkanes of at least 4 members (excludes halogenated alkanes) is 55. The molecule has 0 spiro atoms. The summed E-state index contributed by atoms with van der Waals surface area (Å²) in [5.74, 6) is -0.577. The van der Waals surface area contributed by atoms with Crippen molar-refractivity contribution in [2.45, 2.75) is 477 Å². The summed E-state index contributed by atoms with van der Waals surface area (Å²) in [6.45, 7) is 9.65. The van der Waals surface area contributed by atoms with Crippen LogP contribution in [0.15, 0.2) is 0 Å². The fourth-order valence-corrected chi connectivity index (χ4v) is 15.0. The van der Waals surface area contributed by atoms with E-state index in [1.54, 1.807) is 0 Å². The molecule has 19 heteroatoms. The number of aliphatic hydroxyl groups is 1. The van der Waals surface area contributed by atoms with E-state index >= 15 is 0 Å². The SMILES string of the molecule is CCCCCCCCCCCCCCCCCCCCCC(=O)OC[C@H](COP(=O)(O)OC[C@@H](O)COP(=O)(O)OC[C@@H](COC(=O)CCCCCCCCCC(C)C)OC(=O)CCCCCCCCCCCCCCCCC)OC(=O)CCCCCCCCCCCCCCCCCCCCC(C)C. The molecule has 2 unspecified atom stereocenters. The minimum atomic E-state index is -4.97. The molecule has 0 aromatic carbocycles. The molecule has 0 radical (unpaired) electrons. The lowest BCUT2D eigenvalue weighted by molar-refractivity contribution is -0.161. The maximum Gasteiger partial charge on any atom is 0.472 e. The van der Waals surface area contributed by atoms with Gasteiger partial charge in [0, 0.05) is 25.7 Å². The van der Waals surface area contributed by atoms with Crippen molar-refractivity contribution in [3.05, 3.63) is 0 Å². The minimum Gasteiger partial charge on any atom is -0.462 e. The zero-order chi connectivity index (χ0) is 77.1. The zero-order valence-electron chi connectivity index (χ0n) is 69.0. The predicted octanol–water partition coefficient (Wildman–Crippen LogP) is 26.2. The smallest absolute Gasteiger partial charge is 0.462 e. The summed E-state index contributed by atoms with van der Waals surface area (Å²) in [6.07, 6.45) is 69.6. The van der Waals surface area contributed by atoms with E-state index in [0.717, 1.165) is 102 Å². The molecule has 0 aliphatic rings. The molecule has 0 fully saturated rings. The van der Waals surface area contributed by atoms with E-state index in [0.29, 0.717) is 31.6 Å². The van der Waals surface area contributed by atoms with Crippen molar-refractivity contribution in [2.24, 2.45) is 11.8 Å². The van der Waals surface area contributed by atoms with Crippen LogP contribution >= 0.6 is 15.6 Å². The molecule has 0 rings (SSSR count). The molecule has 5 atom stereocenters. The molecule has 3 N–H and O–H groups in total. The molecule has 0 bridgehead atoms. The number of phosphoric acid groups is 2. The first kappa shape index (κ1) is 103. The Morgan fingerprint density at radius 3 is 0.648 bits per heavy atom. The fourth-order valence-electron chi connectivity index (χ4n) is 13.4. The van der Waals surface area contributed by atoms with Gasteiger partial charge >= 0.3 is 39.5 Å². The van der Waals surface area contributed by atoms with Gasteiger partial charge in [-0.05, 0) is 37.5 Å². The first-order valence-electron chi connectivity index (χ1n) is 44.5. The number of hydrogen-bond acceptors (Lipinski definition) is 15. The van der Waals surface area contributed by atoms with Gasteiger partial charge in [-0.3, -0.25) is 37.3 Å². The van der Waals surface area contributed by atoms with Crippen molar-refractivity contribution in [1.29, 1.82) is 0 Å². The van der Waals surface area contributed by atoms with Crippen LogP contribution in [0.25, 0.3) is 0 Å². The molecular formula is C86H168O17P2. The number of carbonyl (C=O) groups is 4. The Bertz CT molecular complexity index is 2010. The molecule has 0 aromatic rings. The van der Waals surface area contributed by atoms with Crippen molar-refractivity contribution < 1.29 is 80.2 Å². The first-order valence-corrected chi connectivity index (χ1v) is 47.5. The van der Waals surface area contributed by atoms with E-state index in [9.17, 15) is 43.2 Å². The standard InChI is InChI=1S/C86H168O17P2/c1-7-9-11-13-15-17-19-21-23-24-25-29-33-36-40-44-50-56-62-68-83(88)96-74-81(102-85(90)71-65-59-52-46-42-38-34-30-27-26-28-32-35-39-43-48-54-60-66-78(3)4)76-100-104(92,93)98-72-80(87)73-99-105(94,95)101-77-82(75-97-84(89)69-63-57-53-47-49-55-61-67-79(5)6)103-86(91)70-64-58-51-45-41-37-31-22-20-18-16-14-12-10-8-2/h78-82,87H,7-77H2,1-6H3,(H,92,93)(H,94,95)/t80-,81-,82-/m1/s1.